The standard InChI is InChI=1S/C18H17ClN2O3/c1-2-20(11-13-6-4-3-5-7-13)17(22)12-21-15-9-8-14(19)10-16(15)24-18(21)23/h3-10H,2,11-12H2,1H3. The first-order valence-corrected chi connectivity index (χ1v) is 8.07. The van der Waals surface area contributed by atoms with E-state index in [0.717, 1.165) is 5.56 Å². The van der Waals surface area contributed by atoms with Gasteiger partial charge in [-0.3, -0.25) is 9.36 Å². The molecule has 0 aliphatic carbocycles. The molecule has 0 aliphatic heterocycles. The van der Waals surface area contributed by atoms with Crippen molar-refractivity contribution in [2.75, 3.05) is 6.54 Å². The molecular formula is C18H17ClN2O3. The van der Waals surface area contributed by atoms with Crippen LogP contribution in [0.2, 0.25) is 5.02 Å². The Bertz CT molecular complexity index is 915. The Morgan fingerprint density at radius 3 is 2.67 bits per heavy atom. The number of likely N-dealkylation sites (N-methyl/N-ethyl adjacent to an activating group) is 1. The molecule has 1 amide bonds. The lowest BCUT2D eigenvalue weighted by Gasteiger charge is -2.21. The Labute approximate surface area is 144 Å². The van der Waals surface area contributed by atoms with E-state index in [1.807, 2.05) is 37.3 Å². The number of carbonyl (C=O) groups excluding carboxylic acids is 1. The van der Waals surface area contributed by atoms with Crippen LogP contribution in [0.25, 0.3) is 11.1 Å². The predicted octanol–water partition coefficient (Wildman–Crippen LogP) is 3.30. The maximum Gasteiger partial charge on any atom is 0.420 e. The minimum Gasteiger partial charge on any atom is -0.408 e. The van der Waals surface area contributed by atoms with Crippen LogP contribution in [0.15, 0.2) is 57.7 Å². The van der Waals surface area contributed by atoms with Crippen molar-refractivity contribution in [1.29, 1.82) is 0 Å². The molecule has 0 saturated heterocycles. The summed E-state index contributed by atoms with van der Waals surface area (Å²) in [7, 11) is 0. The van der Waals surface area contributed by atoms with Gasteiger partial charge in [0.25, 0.3) is 0 Å². The molecule has 2 aromatic carbocycles. The van der Waals surface area contributed by atoms with Crippen molar-refractivity contribution < 1.29 is 9.21 Å². The van der Waals surface area contributed by atoms with Crippen LogP contribution in [-0.4, -0.2) is 21.9 Å². The molecule has 0 aliphatic rings. The van der Waals surface area contributed by atoms with Crippen LogP contribution in [0.4, 0.5) is 0 Å². The van der Waals surface area contributed by atoms with E-state index in [1.54, 1.807) is 23.1 Å². The molecular weight excluding hydrogens is 328 g/mol. The van der Waals surface area contributed by atoms with Gasteiger partial charge in [-0.25, -0.2) is 4.79 Å². The number of hydrogen-bond acceptors (Lipinski definition) is 3. The molecule has 3 aromatic rings. The van der Waals surface area contributed by atoms with Gasteiger partial charge in [-0.15, -0.1) is 0 Å². The third kappa shape index (κ3) is 3.36. The van der Waals surface area contributed by atoms with Crippen LogP contribution in [0, 0.1) is 0 Å². The van der Waals surface area contributed by atoms with E-state index < -0.39 is 5.76 Å². The first kappa shape index (κ1) is 16.3. The highest BCUT2D eigenvalue weighted by atomic mass is 35.5. The van der Waals surface area contributed by atoms with Crippen molar-refractivity contribution in [3.05, 3.63) is 69.7 Å². The van der Waals surface area contributed by atoms with Crippen LogP contribution >= 0.6 is 11.6 Å². The zero-order valence-electron chi connectivity index (χ0n) is 13.2. The summed E-state index contributed by atoms with van der Waals surface area (Å²) >= 11 is 5.90. The summed E-state index contributed by atoms with van der Waals surface area (Å²) in [4.78, 5) is 26.3. The highest BCUT2D eigenvalue weighted by Crippen LogP contribution is 2.18. The third-order valence-electron chi connectivity index (χ3n) is 3.87. The van der Waals surface area contributed by atoms with Gasteiger partial charge in [-0.1, -0.05) is 41.9 Å². The molecule has 0 fully saturated rings. The molecule has 0 spiro atoms. The second-order valence-corrected chi connectivity index (χ2v) is 5.90. The summed E-state index contributed by atoms with van der Waals surface area (Å²) in [6, 6.07) is 14.7. The number of fused-ring (bicyclic) bond motifs is 1. The molecule has 124 valence electrons. The van der Waals surface area contributed by atoms with Gasteiger partial charge < -0.3 is 9.32 Å². The van der Waals surface area contributed by atoms with Crippen molar-refractivity contribution >= 4 is 28.6 Å². The fourth-order valence-corrected chi connectivity index (χ4v) is 2.77. The molecule has 0 N–H and O–H groups in total. The van der Waals surface area contributed by atoms with Gasteiger partial charge in [-0.05, 0) is 24.6 Å². The first-order chi connectivity index (χ1) is 11.6. The Hall–Kier alpha value is -2.53. The fourth-order valence-electron chi connectivity index (χ4n) is 2.61. The fraction of sp³-hybridized carbons (Fsp3) is 0.222. The van der Waals surface area contributed by atoms with Crippen LogP contribution < -0.4 is 5.76 Å². The molecule has 3 rings (SSSR count). The Kier molecular flexibility index (Phi) is 4.71. The van der Waals surface area contributed by atoms with E-state index in [4.69, 9.17) is 16.0 Å². The Balaban J connectivity index is 1.83. The summed E-state index contributed by atoms with van der Waals surface area (Å²) in [5.74, 6) is -0.697. The predicted molar refractivity (Wildman–Crippen MR) is 93.0 cm³/mol. The number of oxazole rings is 1. The molecule has 6 heteroatoms. The molecule has 0 saturated carbocycles. The Morgan fingerprint density at radius 1 is 1.21 bits per heavy atom. The quantitative estimate of drug-likeness (QED) is 0.713. The summed E-state index contributed by atoms with van der Waals surface area (Å²) in [5, 5.41) is 0.481. The smallest absolute Gasteiger partial charge is 0.408 e. The highest BCUT2D eigenvalue weighted by molar-refractivity contribution is 6.31. The number of hydrogen-bond donors (Lipinski definition) is 0. The second kappa shape index (κ2) is 6.93. The second-order valence-electron chi connectivity index (χ2n) is 5.46. The number of amides is 1. The summed E-state index contributed by atoms with van der Waals surface area (Å²) < 4.78 is 6.50. The van der Waals surface area contributed by atoms with Gasteiger partial charge in [0, 0.05) is 24.2 Å². The number of rotatable bonds is 5. The molecule has 1 aromatic heterocycles. The van der Waals surface area contributed by atoms with Gasteiger partial charge in [-0.2, -0.15) is 0 Å². The lowest BCUT2D eigenvalue weighted by molar-refractivity contribution is -0.132. The maximum atomic E-state index is 12.6. The third-order valence-corrected chi connectivity index (χ3v) is 4.11. The number of benzene rings is 2. The summed E-state index contributed by atoms with van der Waals surface area (Å²) in [6.45, 7) is 2.92. The van der Waals surface area contributed by atoms with Crippen LogP contribution in [0.1, 0.15) is 12.5 Å². The molecule has 0 bridgehead atoms. The van der Waals surface area contributed by atoms with E-state index >= 15 is 0 Å². The van der Waals surface area contributed by atoms with Gasteiger partial charge in [0.2, 0.25) is 5.91 Å². The summed E-state index contributed by atoms with van der Waals surface area (Å²) in [5.41, 5.74) is 1.99. The van der Waals surface area contributed by atoms with Gasteiger partial charge in [0.1, 0.15) is 6.54 Å². The summed E-state index contributed by atoms with van der Waals surface area (Å²) in [6.07, 6.45) is 0. The van der Waals surface area contributed by atoms with E-state index in [9.17, 15) is 9.59 Å². The Morgan fingerprint density at radius 2 is 1.96 bits per heavy atom. The van der Waals surface area contributed by atoms with Crippen molar-refractivity contribution in [2.45, 2.75) is 20.0 Å². The molecule has 0 atom stereocenters. The number of nitrogens with zero attached hydrogens (tertiary/aromatic N) is 2. The molecule has 1 heterocycles. The topological polar surface area (TPSA) is 55.5 Å². The van der Waals surface area contributed by atoms with Crippen molar-refractivity contribution in [3.8, 4) is 0 Å². The SMILES string of the molecule is CCN(Cc1ccccc1)C(=O)Cn1c(=O)oc2cc(Cl)ccc21. The maximum absolute atomic E-state index is 12.6. The number of halogens is 1. The average molecular weight is 345 g/mol. The zero-order chi connectivity index (χ0) is 17.1. The number of aromatic nitrogens is 1. The van der Waals surface area contributed by atoms with Crippen LogP contribution in [-0.2, 0) is 17.9 Å². The minimum atomic E-state index is -0.559. The van der Waals surface area contributed by atoms with E-state index in [0.29, 0.717) is 29.2 Å². The van der Waals surface area contributed by atoms with E-state index in [-0.39, 0.29) is 12.5 Å². The molecule has 24 heavy (non-hydrogen) atoms. The van der Waals surface area contributed by atoms with E-state index in [1.165, 1.54) is 4.57 Å². The molecule has 0 unspecified atom stereocenters. The van der Waals surface area contributed by atoms with Crippen LogP contribution in [0.5, 0.6) is 0 Å². The first-order valence-electron chi connectivity index (χ1n) is 7.69. The van der Waals surface area contributed by atoms with Gasteiger partial charge in [0.05, 0.1) is 5.52 Å². The lowest BCUT2D eigenvalue weighted by Crippen LogP contribution is -2.35. The largest absolute Gasteiger partial charge is 0.420 e. The van der Waals surface area contributed by atoms with Crippen molar-refractivity contribution in [3.63, 3.8) is 0 Å². The minimum absolute atomic E-state index is 0.0614. The van der Waals surface area contributed by atoms with Gasteiger partial charge in [0.15, 0.2) is 5.58 Å². The van der Waals surface area contributed by atoms with Crippen LogP contribution in [0.3, 0.4) is 0 Å². The number of carbonyl (C=O) groups is 1. The monoisotopic (exact) mass is 344 g/mol. The van der Waals surface area contributed by atoms with Crippen molar-refractivity contribution in [1.82, 2.24) is 9.47 Å². The highest BCUT2D eigenvalue weighted by Gasteiger charge is 2.17. The van der Waals surface area contributed by atoms with Crippen molar-refractivity contribution in [2.24, 2.45) is 0 Å². The zero-order valence-corrected chi connectivity index (χ0v) is 14.0. The lowest BCUT2D eigenvalue weighted by atomic mass is 10.2. The average Bonchev–Trinajstić information content (AvgIpc) is 2.88. The van der Waals surface area contributed by atoms with Gasteiger partial charge >= 0.3 is 5.76 Å². The molecule has 5 nitrogen and oxygen atoms in total. The van der Waals surface area contributed by atoms with E-state index in [2.05, 4.69) is 0 Å². The molecule has 0 radical (unpaired) electrons. The normalized spacial score (nSPS) is 10.9.